The third-order valence-electron chi connectivity index (χ3n) is 2.36. The van der Waals surface area contributed by atoms with Crippen LogP contribution in [0.4, 0.5) is 13.6 Å². The van der Waals surface area contributed by atoms with Crippen LogP contribution in [-0.2, 0) is 4.74 Å². The second-order valence-corrected chi connectivity index (χ2v) is 3.79. The molecule has 1 aliphatic heterocycles. The van der Waals surface area contributed by atoms with Gasteiger partial charge in [0.2, 0.25) is 0 Å². The second kappa shape index (κ2) is 5.51. The molecule has 1 aliphatic rings. The maximum absolute atomic E-state index is 13.6. The van der Waals surface area contributed by atoms with E-state index < -0.39 is 23.8 Å². The van der Waals surface area contributed by atoms with Gasteiger partial charge in [-0.1, -0.05) is 11.6 Å². The topological polar surface area (TPSA) is 38.3 Å². The molecule has 1 atom stereocenters. The van der Waals surface area contributed by atoms with Crippen molar-refractivity contribution in [2.75, 3.05) is 6.61 Å². The summed E-state index contributed by atoms with van der Waals surface area (Å²) in [6.45, 7) is 0.127. The molecule has 2 rings (SSSR count). The number of benzene rings is 1. The Hall–Kier alpha value is -1.07. The third-order valence-corrected chi connectivity index (χ3v) is 2.65. The molecule has 94 valence electrons. The first-order valence-electron chi connectivity index (χ1n) is 4.66. The molecule has 1 aromatic rings. The number of hydrogen-bond donors (Lipinski definition) is 1. The molecule has 1 heterocycles. The van der Waals surface area contributed by atoms with E-state index in [0.717, 1.165) is 12.1 Å². The first-order chi connectivity index (χ1) is 7.59. The number of carbonyl (C=O) groups is 1. The molecule has 0 spiro atoms. The van der Waals surface area contributed by atoms with E-state index in [-0.39, 0.29) is 29.6 Å². The summed E-state index contributed by atoms with van der Waals surface area (Å²) in [4.78, 5) is 10.9. The van der Waals surface area contributed by atoms with Gasteiger partial charge in [-0.3, -0.25) is 0 Å². The molecule has 1 aromatic carbocycles. The van der Waals surface area contributed by atoms with Crippen molar-refractivity contribution in [3.8, 4) is 0 Å². The third kappa shape index (κ3) is 2.79. The van der Waals surface area contributed by atoms with Crippen molar-refractivity contribution in [3.63, 3.8) is 0 Å². The zero-order valence-electron chi connectivity index (χ0n) is 8.50. The Morgan fingerprint density at radius 1 is 1.41 bits per heavy atom. The Morgan fingerprint density at radius 2 is 2.12 bits per heavy atom. The van der Waals surface area contributed by atoms with Crippen molar-refractivity contribution in [2.45, 2.75) is 12.5 Å². The minimum Gasteiger partial charge on any atom is -0.449 e. The van der Waals surface area contributed by atoms with E-state index in [0.29, 0.717) is 6.42 Å². The summed E-state index contributed by atoms with van der Waals surface area (Å²) in [6.07, 6.45) is -0.380. The van der Waals surface area contributed by atoms with Crippen LogP contribution >= 0.6 is 24.0 Å². The van der Waals surface area contributed by atoms with Gasteiger partial charge in [0.25, 0.3) is 0 Å². The van der Waals surface area contributed by atoms with Crippen LogP contribution in [0.25, 0.3) is 0 Å². The van der Waals surface area contributed by atoms with Crippen LogP contribution in [0.3, 0.4) is 0 Å². The lowest BCUT2D eigenvalue weighted by Gasteiger charge is -2.24. The van der Waals surface area contributed by atoms with Gasteiger partial charge in [0.15, 0.2) is 0 Å². The molecule has 1 fully saturated rings. The van der Waals surface area contributed by atoms with E-state index >= 15 is 0 Å². The Labute approximate surface area is 107 Å². The van der Waals surface area contributed by atoms with Gasteiger partial charge in [0, 0.05) is 12.0 Å². The first kappa shape index (κ1) is 14.0. The summed E-state index contributed by atoms with van der Waals surface area (Å²) in [5.41, 5.74) is -0.218. The van der Waals surface area contributed by atoms with Crippen LogP contribution in [0, 0.1) is 11.6 Å². The molecule has 7 heteroatoms. The van der Waals surface area contributed by atoms with Crippen LogP contribution in [0.1, 0.15) is 18.0 Å². The number of hydrogen-bond acceptors (Lipinski definition) is 2. The van der Waals surface area contributed by atoms with Crippen LogP contribution in [-0.4, -0.2) is 12.7 Å². The van der Waals surface area contributed by atoms with Crippen molar-refractivity contribution in [2.24, 2.45) is 0 Å². The molecule has 0 radical (unpaired) electrons. The lowest BCUT2D eigenvalue weighted by molar-refractivity contribution is 0.114. The van der Waals surface area contributed by atoms with Crippen LogP contribution in [0.15, 0.2) is 12.1 Å². The molecule has 0 aromatic heterocycles. The lowest BCUT2D eigenvalue weighted by atomic mass is 10.0. The largest absolute Gasteiger partial charge is 0.449 e. The van der Waals surface area contributed by atoms with Crippen LogP contribution in [0.2, 0.25) is 5.02 Å². The van der Waals surface area contributed by atoms with E-state index in [2.05, 4.69) is 10.1 Å². The van der Waals surface area contributed by atoms with Crippen molar-refractivity contribution in [3.05, 3.63) is 34.4 Å². The van der Waals surface area contributed by atoms with Gasteiger partial charge in [0.1, 0.15) is 11.6 Å². The highest BCUT2D eigenvalue weighted by Gasteiger charge is 2.27. The average molecular weight is 284 g/mol. The molecule has 0 saturated carbocycles. The number of alkyl carbamates (subject to hydrolysis) is 1. The SMILES string of the molecule is Cl.O=C1N[C@H](c2c(F)ccc(Cl)c2F)CCO1. The van der Waals surface area contributed by atoms with E-state index in [1.54, 1.807) is 0 Å². The number of rotatable bonds is 1. The molecule has 1 saturated heterocycles. The Bertz CT molecular complexity index is 443. The maximum Gasteiger partial charge on any atom is 0.407 e. The number of nitrogens with one attached hydrogen (secondary N) is 1. The van der Waals surface area contributed by atoms with Gasteiger partial charge < -0.3 is 10.1 Å². The van der Waals surface area contributed by atoms with Crippen LogP contribution < -0.4 is 5.32 Å². The molecule has 17 heavy (non-hydrogen) atoms. The molecule has 3 nitrogen and oxygen atoms in total. The fraction of sp³-hybridized carbons (Fsp3) is 0.300. The fourth-order valence-electron chi connectivity index (χ4n) is 1.60. The molecule has 0 unspecified atom stereocenters. The number of carbonyl (C=O) groups excluding carboxylic acids is 1. The van der Waals surface area contributed by atoms with Gasteiger partial charge >= 0.3 is 6.09 Å². The molecular weight excluding hydrogens is 275 g/mol. The Morgan fingerprint density at radius 3 is 2.76 bits per heavy atom. The summed E-state index contributed by atoms with van der Waals surface area (Å²) in [5, 5.41) is 2.17. The standard InChI is InChI=1S/C10H8ClF2NO2.ClH/c11-5-1-2-6(12)8(9(5)13)7-3-4-16-10(15)14-7;/h1-2,7H,3-4H2,(H,14,15);1H/t7-;/m0./s1. The predicted molar refractivity (Wildman–Crippen MR) is 60.5 cm³/mol. The quantitative estimate of drug-likeness (QED) is 0.804. The highest BCUT2D eigenvalue weighted by molar-refractivity contribution is 6.30. The van der Waals surface area contributed by atoms with Gasteiger partial charge in [-0.25, -0.2) is 13.6 Å². The number of halogens is 4. The van der Waals surface area contributed by atoms with E-state index in [1.165, 1.54) is 0 Å². The first-order valence-corrected chi connectivity index (χ1v) is 5.04. The second-order valence-electron chi connectivity index (χ2n) is 3.38. The highest BCUT2D eigenvalue weighted by atomic mass is 35.5. The van der Waals surface area contributed by atoms with Crippen molar-refractivity contribution in [1.29, 1.82) is 0 Å². The van der Waals surface area contributed by atoms with E-state index in [4.69, 9.17) is 11.6 Å². The predicted octanol–water partition coefficient (Wildman–Crippen LogP) is 3.21. The summed E-state index contributed by atoms with van der Waals surface area (Å²) < 4.78 is 31.7. The van der Waals surface area contributed by atoms with Crippen LogP contribution in [0.5, 0.6) is 0 Å². The number of ether oxygens (including phenoxy) is 1. The van der Waals surface area contributed by atoms with Crippen molar-refractivity contribution < 1.29 is 18.3 Å². The van der Waals surface area contributed by atoms with Crippen molar-refractivity contribution in [1.82, 2.24) is 5.32 Å². The summed E-state index contributed by atoms with van der Waals surface area (Å²) in [7, 11) is 0. The molecular formula is C10H9Cl2F2NO2. The normalized spacial score (nSPS) is 19.0. The smallest absolute Gasteiger partial charge is 0.407 e. The van der Waals surface area contributed by atoms with Gasteiger partial charge in [-0.05, 0) is 12.1 Å². The zero-order valence-corrected chi connectivity index (χ0v) is 10.1. The summed E-state index contributed by atoms with van der Waals surface area (Å²) in [5.74, 6) is -1.57. The summed E-state index contributed by atoms with van der Waals surface area (Å²) in [6, 6.07) is 1.47. The minimum absolute atomic E-state index is 0. The Kier molecular flexibility index (Phi) is 4.54. The molecule has 1 N–H and O–H groups in total. The molecule has 0 aliphatic carbocycles. The Balaban J connectivity index is 0.00000144. The monoisotopic (exact) mass is 283 g/mol. The van der Waals surface area contributed by atoms with Crippen molar-refractivity contribution >= 4 is 30.1 Å². The average Bonchev–Trinajstić information content (AvgIpc) is 2.24. The van der Waals surface area contributed by atoms with E-state index in [9.17, 15) is 13.6 Å². The lowest BCUT2D eigenvalue weighted by Crippen LogP contribution is -2.36. The maximum atomic E-state index is 13.6. The highest BCUT2D eigenvalue weighted by Crippen LogP contribution is 2.29. The van der Waals surface area contributed by atoms with Gasteiger partial charge in [0.05, 0.1) is 17.7 Å². The van der Waals surface area contributed by atoms with E-state index in [1.807, 2.05) is 0 Å². The van der Waals surface area contributed by atoms with Gasteiger partial charge in [-0.2, -0.15) is 0 Å². The number of cyclic esters (lactones) is 1. The minimum atomic E-state index is -0.839. The zero-order chi connectivity index (χ0) is 11.7. The summed E-state index contributed by atoms with van der Waals surface area (Å²) >= 11 is 5.56. The number of amides is 1. The van der Waals surface area contributed by atoms with Gasteiger partial charge in [-0.15, -0.1) is 12.4 Å². The fourth-order valence-corrected chi connectivity index (χ4v) is 1.77. The molecule has 0 bridgehead atoms. The molecule has 1 amide bonds.